The lowest BCUT2D eigenvalue weighted by molar-refractivity contribution is 0.0483. The number of ether oxygens (including phenoxy) is 2. The van der Waals surface area contributed by atoms with Crippen molar-refractivity contribution in [3.8, 4) is 11.3 Å². The van der Waals surface area contributed by atoms with Gasteiger partial charge < -0.3 is 9.47 Å². The average Bonchev–Trinajstić information content (AvgIpc) is 2.91. The highest BCUT2D eigenvalue weighted by atomic mass is 16.6. The van der Waals surface area contributed by atoms with E-state index in [2.05, 4.69) is 4.98 Å². The Kier molecular flexibility index (Phi) is 4.30. The molecule has 0 atom stereocenters. The molecule has 0 fully saturated rings. The van der Waals surface area contributed by atoms with E-state index in [1.807, 2.05) is 6.07 Å². The van der Waals surface area contributed by atoms with E-state index in [1.54, 1.807) is 45.2 Å². The molecule has 0 aliphatic carbocycles. The van der Waals surface area contributed by atoms with Crippen LogP contribution in [0.1, 0.15) is 31.3 Å². The summed E-state index contributed by atoms with van der Waals surface area (Å²) in [6.45, 7) is 5.27. The molecule has 0 saturated heterocycles. The molecule has 0 amide bonds. The molecule has 0 N–H and O–H groups in total. The smallest absolute Gasteiger partial charge is 0.419 e. The van der Waals surface area contributed by atoms with Gasteiger partial charge in [0.15, 0.2) is 0 Å². The minimum absolute atomic E-state index is 0.0948. The molecule has 2 heterocycles. The summed E-state index contributed by atoms with van der Waals surface area (Å²) in [5, 5.41) is 0. The minimum atomic E-state index is -0.667. The van der Waals surface area contributed by atoms with Crippen LogP contribution in [0.5, 0.6) is 0 Å². The molecule has 6 nitrogen and oxygen atoms in total. The van der Waals surface area contributed by atoms with Crippen molar-refractivity contribution in [3.05, 3.63) is 42.4 Å². The van der Waals surface area contributed by atoms with Crippen molar-refractivity contribution < 1.29 is 19.1 Å². The lowest BCUT2D eigenvalue weighted by Gasteiger charge is -2.20. The van der Waals surface area contributed by atoms with Crippen LogP contribution in [0.3, 0.4) is 0 Å². The van der Waals surface area contributed by atoms with E-state index >= 15 is 0 Å². The molecule has 6 heteroatoms. The van der Waals surface area contributed by atoms with Gasteiger partial charge in [0.05, 0.1) is 12.8 Å². The fourth-order valence-corrected chi connectivity index (χ4v) is 1.86. The topological polar surface area (TPSA) is 70.4 Å². The van der Waals surface area contributed by atoms with Crippen molar-refractivity contribution in [1.29, 1.82) is 0 Å². The van der Waals surface area contributed by atoms with Crippen LogP contribution < -0.4 is 0 Å². The van der Waals surface area contributed by atoms with Crippen LogP contribution in [0.25, 0.3) is 11.3 Å². The van der Waals surface area contributed by atoms with E-state index in [4.69, 9.17) is 9.47 Å². The van der Waals surface area contributed by atoms with Crippen molar-refractivity contribution in [2.75, 3.05) is 7.11 Å². The second kappa shape index (κ2) is 6.01. The zero-order valence-electron chi connectivity index (χ0n) is 13.0. The lowest BCUT2D eigenvalue weighted by atomic mass is 10.2. The highest BCUT2D eigenvalue weighted by Gasteiger charge is 2.24. The molecule has 0 saturated carbocycles. The standard InChI is InChI=1S/C16H18N2O4/c1-16(2,3)22-15(20)18-10-11(9-13(18)14(19)21-4)12-7-5-6-8-17-12/h5-10H,1-4H3. The van der Waals surface area contributed by atoms with Crippen molar-refractivity contribution in [2.45, 2.75) is 26.4 Å². The van der Waals surface area contributed by atoms with Gasteiger partial charge in [-0.1, -0.05) is 6.07 Å². The number of hydrogen-bond acceptors (Lipinski definition) is 5. The zero-order valence-corrected chi connectivity index (χ0v) is 13.0. The van der Waals surface area contributed by atoms with Crippen LogP contribution in [0, 0.1) is 0 Å². The van der Waals surface area contributed by atoms with Crippen LogP contribution in [0.4, 0.5) is 4.79 Å². The normalized spacial score (nSPS) is 11.1. The molecule has 0 unspecified atom stereocenters. The van der Waals surface area contributed by atoms with E-state index in [1.165, 1.54) is 13.3 Å². The number of rotatable bonds is 2. The van der Waals surface area contributed by atoms with Crippen molar-refractivity contribution in [1.82, 2.24) is 9.55 Å². The van der Waals surface area contributed by atoms with Crippen LogP contribution in [-0.2, 0) is 9.47 Å². The maximum absolute atomic E-state index is 12.3. The van der Waals surface area contributed by atoms with Gasteiger partial charge in [-0.2, -0.15) is 0 Å². The van der Waals surface area contributed by atoms with Gasteiger partial charge in [0.2, 0.25) is 0 Å². The predicted octanol–water partition coefficient (Wildman–Crippen LogP) is 3.12. The summed E-state index contributed by atoms with van der Waals surface area (Å²) >= 11 is 0. The molecule has 0 spiro atoms. The van der Waals surface area contributed by atoms with Gasteiger partial charge in [0, 0.05) is 18.0 Å². The van der Waals surface area contributed by atoms with Crippen molar-refractivity contribution in [2.24, 2.45) is 0 Å². The molecule has 22 heavy (non-hydrogen) atoms. The number of nitrogens with zero attached hydrogens (tertiary/aromatic N) is 2. The average molecular weight is 302 g/mol. The third-order valence-electron chi connectivity index (χ3n) is 2.77. The fourth-order valence-electron chi connectivity index (χ4n) is 1.86. The number of aromatic nitrogens is 2. The SMILES string of the molecule is COC(=O)c1cc(-c2ccccn2)cn1C(=O)OC(C)(C)C. The molecule has 2 aromatic heterocycles. The van der Waals surface area contributed by atoms with E-state index in [9.17, 15) is 9.59 Å². The highest BCUT2D eigenvalue weighted by molar-refractivity contribution is 5.94. The van der Waals surface area contributed by atoms with Gasteiger partial charge in [0.1, 0.15) is 11.3 Å². The summed E-state index contributed by atoms with van der Waals surface area (Å²) in [5.41, 5.74) is 0.708. The Hall–Kier alpha value is -2.63. The second-order valence-electron chi connectivity index (χ2n) is 5.67. The highest BCUT2D eigenvalue weighted by Crippen LogP contribution is 2.22. The predicted molar refractivity (Wildman–Crippen MR) is 80.6 cm³/mol. The van der Waals surface area contributed by atoms with Gasteiger partial charge in [-0.05, 0) is 39.0 Å². The van der Waals surface area contributed by atoms with E-state index in [-0.39, 0.29) is 5.69 Å². The third kappa shape index (κ3) is 3.52. The maximum Gasteiger partial charge on any atom is 0.419 e. The number of hydrogen-bond donors (Lipinski definition) is 0. The molecule has 0 aliphatic rings. The molecule has 2 rings (SSSR count). The van der Waals surface area contributed by atoms with Gasteiger partial charge in [-0.25, -0.2) is 14.2 Å². The first-order valence-electron chi connectivity index (χ1n) is 6.77. The first-order chi connectivity index (χ1) is 10.3. The molecular formula is C16H18N2O4. The van der Waals surface area contributed by atoms with Crippen LogP contribution >= 0.6 is 0 Å². The molecule has 116 valence electrons. The zero-order chi connectivity index (χ0) is 16.3. The summed E-state index contributed by atoms with van der Waals surface area (Å²) < 4.78 is 11.2. The Morgan fingerprint density at radius 2 is 1.95 bits per heavy atom. The van der Waals surface area contributed by atoms with Crippen molar-refractivity contribution >= 4 is 12.1 Å². The Morgan fingerprint density at radius 1 is 1.23 bits per heavy atom. The minimum Gasteiger partial charge on any atom is -0.464 e. The van der Waals surface area contributed by atoms with Gasteiger partial charge in [-0.3, -0.25) is 4.98 Å². The van der Waals surface area contributed by atoms with Gasteiger partial charge in [-0.15, -0.1) is 0 Å². The van der Waals surface area contributed by atoms with Crippen LogP contribution in [-0.4, -0.2) is 34.3 Å². The monoisotopic (exact) mass is 302 g/mol. The number of methoxy groups -OCH3 is 1. The number of carbonyl (C=O) groups excluding carboxylic acids is 2. The maximum atomic E-state index is 12.3. The molecule has 0 bridgehead atoms. The second-order valence-corrected chi connectivity index (χ2v) is 5.67. The largest absolute Gasteiger partial charge is 0.464 e. The molecule has 0 radical (unpaired) electrons. The Labute approximate surface area is 128 Å². The van der Waals surface area contributed by atoms with Crippen LogP contribution in [0.2, 0.25) is 0 Å². The molecular weight excluding hydrogens is 284 g/mol. The fraction of sp³-hybridized carbons (Fsp3) is 0.312. The van der Waals surface area contributed by atoms with Gasteiger partial charge >= 0.3 is 12.1 Å². The Balaban J connectivity index is 2.46. The van der Waals surface area contributed by atoms with E-state index in [0.717, 1.165) is 4.57 Å². The molecule has 0 aromatic carbocycles. The summed E-state index contributed by atoms with van der Waals surface area (Å²) in [5.74, 6) is -0.618. The number of pyridine rings is 1. The number of esters is 1. The summed E-state index contributed by atoms with van der Waals surface area (Å²) in [6.07, 6.45) is 2.51. The lowest BCUT2D eigenvalue weighted by Crippen LogP contribution is -2.28. The number of carbonyl (C=O) groups is 2. The van der Waals surface area contributed by atoms with E-state index in [0.29, 0.717) is 11.3 Å². The van der Waals surface area contributed by atoms with E-state index < -0.39 is 17.7 Å². The van der Waals surface area contributed by atoms with Gasteiger partial charge in [0.25, 0.3) is 0 Å². The first-order valence-corrected chi connectivity index (χ1v) is 6.77. The summed E-state index contributed by atoms with van der Waals surface area (Å²) in [6, 6.07) is 6.95. The third-order valence-corrected chi connectivity index (χ3v) is 2.77. The molecule has 2 aromatic rings. The molecule has 0 aliphatic heterocycles. The summed E-state index contributed by atoms with van der Waals surface area (Å²) in [4.78, 5) is 28.3. The Bertz CT molecular complexity index is 684. The summed E-state index contributed by atoms with van der Waals surface area (Å²) in [7, 11) is 1.26. The van der Waals surface area contributed by atoms with Crippen molar-refractivity contribution in [3.63, 3.8) is 0 Å². The van der Waals surface area contributed by atoms with Crippen LogP contribution in [0.15, 0.2) is 36.7 Å². The quantitative estimate of drug-likeness (QED) is 0.797. The first kappa shape index (κ1) is 15.8. The Morgan fingerprint density at radius 3 is 2.50 bits per heavy atom.